The van der Waals surface area contributed by atoms with Crippen molar-refractivity contribution in [2.24, 2.45) is 0 Å². The Morgan fingerprint density at radius 2 is 1.53 bits per heavy atom. The minimum Gasteiger partial charge on any atom is -0.366 e. The number of para-hydroxylation sites is 1. The van der Waals surface area contributed by atoms with Crippen LogP contribution in [0.1, 0.15) is 16.2 Å². The van der Waals surface area contributed by atoms with Crippen molar-refractivity contribution in [3.8, 4) is 11.1 Å². The lowest BCUT2D eigenvalue weighted by Crippen LogP contribution is -2.49. The third-order valence-electron chi connectivity index (χ3n) is 6.00. The molecule has 6 heteroatoms. The maximum absolute atomic E-state index is 14.1. The number of rotatable bonds is 3. The van der Waals surface area contributed by atoms with Crippen molar-refractivity contribution in [1.29, 1.82) is 0 Å². The highest BCUT2D eigenvalue weighted by Crippen LogP contribution is 2.30. The normalized spacial score (nSPS) is 14.1. The van der Waals surface area contributed by atoms with E-state index in [1.54, 1.807) is 12.1 Å². The van der Waals surface area contributed by atoms with E-state index in [2.05, 4.69) is 9.97 Å². The average molecular weight is 426 g/mol. The van der Waals surface area contributed by atoms with E-state index < -0.39 is 0 Å². The van der Waals surface area contributed by atoms with E-state index in [0.717, 1.165) is 27.7 Å². The van der Waals surface area contributed by atoms with E-state index in [1.165, 1.54) is 6.07 Å². The Morgan fingerprint density at radius 3 is 2.28 bits per heavy atom. The Kier molecular flexibility index (Phi) is 5.27. The lowest BCUT2D eigenvalue weighted by molar-refractivity contribution is 0.0748. The molecular weight excluding hydrogens is 403 g/mol. The number of nitrogens with zero attached hydrogens (tertiary/aromatic N) is 4. The van der Waals surface area contributed by atoms with Crippen molar-refractivity contribution in [1.82, 2.24) is 14.9 Å². The topological polar surface area (TPSA) is 49.3 Å². The smallest absolute Gasteiger partial charge is 0.254 e. The number of anilines is 1. The molecule has 5 nitrogen and oxygen atoms in total. The molecule has 1 aliphatic heterocycles. The minimum atomic E-state index is -0.228. The summed E-state index contributed by atoms with van der Waals surface area (Å²) < 4.78 is 14.1. The summed E-state index contributed by atoms with van der Waals surface area (Å²) >= 11 is 0. The van der Waals surface area contributed by atoms with Crippen molar-refractivity contribution in [2.45, 2.75) is 6.92 Å². The van der Waals surface area contributed by atoms with Crippen molar-refractivity contribution >= 4 is 22.4 Å². The highest BCUT2D eigenvalue weighted by Gasteiger charge is 2.24. The van der Waals surface area contributed by atoms with Crippen LogP contribution in [-0.4, -0.2) is 47.0 Å². The van der Waals surface area contributed by atoms with E-state index in [0.29, 0.717) is 37.4 Å². The first-order valence-corrected chi connectivity index (χ1v) is 10.7. The van der Waals surface area contributed by atoms with Gasteiger partial charge in [0.15, 0.2) is 0 Å². The molecule has 1 aromatic heterocycles. The van der Waals surface area contributed by atoms with Crippen molar-refractivity contribution < 1.29 is 9.18 Å². The number of piperazine rings is 1. The van der Waals surface area contributed by atoms with Crippen LogP contribution in [0.3, 0.4) is 0 Å². The van der Waals surface area contributed by atoms with Crippen LogP contribution >= 0.6 is 0 Å². The van der Waals surface area contributed by atoms with Gasteiger partial charge in [-0.15, -0.1) is 0 Å². The maximum atomic E-state index is 14.1. The second-order valence-corrected chi connectivity index (χ2v) is 7.96. The third kappa shape index (κ3) is 3.68. The van der Waals surface area contributed by atoms with Gasteiger partial charge in [-0.3, -0.25) is 4.79 Å². The zero-order valence-electron chi connectivity index (χ0n) is 17.8. The molecule has 32 heavy (non-hydrogen) atoms. The van der Waals surface area contributed by atoms with Gasteiger partial charge in [0.05, 0.1) is 5.69 Å². The van der Waals surface area contributed by atoms with Gasteiger partial charge in [-0.1, -0.05) is 42.5 Å². The van der Waals surface area contributed by atoms with E-state index in [4.69, 9.17) is 0 Å². The molecule has 1 saturated heterocycles. The summed E-state index contributed by atoms with van der Waals surface area (Å²) in [5.74, 6) is 0.495. The summed E-state index contributed by atoms with van der Waals surface area (Å²) in [5, 5.41) is 1.91. The highest BCUT2D eigenvalue weighted by molar-refractivity contribution is 6.10. The van der Waals surface area contributed by atoms with Gasteiger partial charge in [-0.2, -0.15) is 0 Å². The van der Waals surface area contributed by atoms with Gasteiger partial charge in [-0.05, 0) is 41.5 Å². The molecule has 0 bridgehead atoms. The van der Waals surface area contributed by atoms with Crippen molar-refractivity contribution in [3.63, 3.8) is 0 Å². The van der Waals surface area contributed by atoms with E-state index in [1.807, 2.05) is 71.6 Å². The molecule has 0 aliphatic carbocycles. The summed E-state index contributed by atoms with van der Waals surface area (Å²) in [4.78, 5) is 25.9. The predicted molar refractivity (Wildman–Crippen MR) is 124 cm³/mol. The SMILES string of the molecule is Cc1ncc(-c2cccc3c(C(=O)N4CCN(c5ccccc5F)CC4)cccc23)cn1. The van der Waals surface area contributed by atoms with Gasteiger partial charge >= 0.3 is 0 Å². The zero-order chi connectivity index (χ0) is 22.1. The minimum absolute atomic E-state index is 0.00101. The number of fused-ring (bicyclic) bond motifs is 1. The lowest BCUT2D eigenvalue weighted by Gasteiger charge is -2.36. The molecule has 160 valence electrons. The first kappa shape index (κ1) is 20.1. The number of aromatic nitrogens is 2. The number of aryl methyl sites for hydroxylation is 1. The number of hydrogen-bond acceptors (Lipinski definition) is 4. The fourth-order valence-electron chi connectivity index (χ4n) is 4.31. The van der Waals surface area contributed by atoms with Gasteiger partial charge in [0.1, 0.15) is 11.6 Å². The Balaban J connectivity index is 1.42. The molecule has 3 aromatic carbocycles. The van der Waals surface area contributed by atoms with E-state index in [9.17, 15) is 9.18 Å². The molecule has 1 amide bonds. The fourth-order valence-corrected chi connectivity index (χ4v) is 4.31. The fraction of sp³-hybridized carbons (Fsp3) is 0.192. The molecular formula is C26H23FN4O. The summed E-state index contributed by atoms with van der Waals surface area (Å²) in [5.41, 5.74) is 3.19. The first-order valence-electron chi connectivity index (χ1n) is 10.7. The van der Waals surface area contributed by atoms with Gasteiger partial charge in [0.25, 0.3) is 5.91 Å². The first-order chi connectivity index (χ1) is 15.6. The number of benzene rings is 3. The van der Waals surface area contributed by atoms with Crippen LogP contribution in [0, 0.1) is 12.7 Å². The number of amides is 1. The zero-order valence-corrected chi connectivity index (χ0v) is 17.8. The largest absolute Gasteiger partial charge is 0.366 e. The van der Waals surface area contributed by atoms with Crippen LogP contribution in [0.4, 0.5) is 10.1 Å². The molecule has 0 spiro atoms. The van der Waals surface area contributed by atoms with E-state index in [-0.39, 0.29) is 11.7 Å². The number of carbonyl (C=O) groups is 1. The summed E-state index contributed by atoms with van der Waals surface area (Å²) in [6.45, 7) is 4.16. The number of hydrogen-bond donors (Lipinski definition) is 0. The molecule has 5 rings (SSSR count). The molecule has 4 aromatic rings. The van der Waals surface area contributed by atoms with Gasteiger partial charge in [-0.25, -0.2) is 14.4 Å². The van der Waals surface area contributed by atoms with Crippen LogP contribution in [0.5, 0.6) is 0 Å². The Hall–Kier alpha value is -3.80. The summed E-state index contributed by atoms with van der Waals surface area (Å²) in [6.07, 6.45) is 3.63. The monoisotopic (exact) mass is 426 g/mol. The molecule has 0 atom stereocenters. The van der Waals surface area contributed by atoms with Crippen molar-refractivity contribution in [2.75, 3.05) is 31.1 Å². The molecule has 1 fully saturated rings. The van der Waals surface area contributed by atoms with Gasteiger partial charge in [0, 0.05) is 49.7 Å². The quantitative estimate of drug-likeness (QED) is 0.476. The number of halogens is 1. The van der Waals surface area contributed by atoms with Gasteiger partial charge in [0.2, 0.25) is 0 Å². The molecule has 0 saturated carbocycles. The van der Waals surface area contributed by atoms with E-state index >= 15 is 0 Å². The van der Waals surface area contributed by atoms with Crippen LogP contribution < -0.4 is 4.90 Å². The summed E-state index contributed by atoms with van der Waals surface area (Å²) in [6, 6.07) is 18.6. The second-order valence-electron chi connectivity index (χ2n) is 7.96. The molecule has 1 aliphatic rings. The molecule has 2 heterocycles. The standard InChI is InChI=1S/C26H23FN4O/c1-18-28-16-19(17-29-18)20-6-4-8-22-21(20)7-5-9-23(22)26(32)31-14-12-30(13-15-31)25-11-3-2-10-24(25)27/h2-11,16-17H,12-15H2,1H3. The average Bonchev–Trinajstić information content (AvgIpc) is 2.84. The Labute approximate surface area is 186 Å². The molecule has 0 N–H and O–H groups in total. The predicted octanol–water partition coefficient (Wildman–Crippen LogP) is 4.71. The molecule has 0 radical (unpaired) electrons. The highest BCUT2D eigenvalue weighted by atomic mass is 19.1. The van der Waals surface area contributed by atoms with Crippen LogP contribution in [0.15, 0.2) is 73.1 Å². The van der Waals surface area contributed by atoms with Crippen molar-refractivity contribution in [3.05, 3.63) is 90.3 Å². The van der Waals surface area contributed by atoms with Gasteiger partial charge < -0.3 is 9.80 Å². The lowest BCUT2D eigenvalue weighted by atomic mass is 9.96. The second kappa shape index (κ2) is 8.38. The summed E-state index contributed by atoms with van der Waals surface area (Å²) in [7, 11) is 0. The number of carbonyl (C=O) groups excluding carboxylic acids is 1. The Bertz CT molecular complexity index is 1280. The van der Waals surface area contributed by atoms with Crippen LogP contribution in [-0.2, 0) is 0 Å². The Morgan fingerprint density at radius 1 is 0.844 bits per heavy atom. The maximum Gasteiger partial charge on any atom is 0.254 e. The van der Waals surface area contributed by atoms with Crippen LogP contribution in [0.2, 0.25) is 0 Å². The molecule has 0 unspecified atom stereocenters. The third-order valence-corrected chi connectivity index (χ3v) is 6.00. The van der Waals surface area contributed by atoms with Crippen LogP contribution in [0.25, 0.3) is 21.9 Å².